The number of aromatic hydroxyl groups is 2. The number of rotatable bonds is 15. The van der Waals surface area contributed by atoms with Crippen molar-refractivity contribution in [3.05, 3.63) is 106 Å². The molecule has 1 amide bonds. The smallest absolute Gasteiger partial charge is 0.332 e. The molecule has 0 saturated carbocycles. The lowest BCUT2D eigenvalue weighted by molar-refractivity contribution is -0.127. The largest absolute Gasteiger partial charge is 0.508 e. The third-order valence-corrected chi connectivity index (χ3v) is 10.1. The number of nitriles is 1. The molecule has 50 heavy (non-hydrogen) atoms. The number of aromatic nitrogens is 3. The predicted octanol–water partition coefficient (Wildman–Crippen LogP) is 3.32. The van der Waals surface area contributed by atoms with E-state index in [2.05, 4.69) is 10.3 Å². The lowest BCUT2D eigenvalue weighted by Gasteiger charge is -2.32. The number of hydrogen-bond donors (Lipinski definition) is 4. The van der Waals surface area contributed by atoms with Gasteiger partial charge in [0.2, 0.25) is 21.8 Å². The number of imidazole rings is 1. The van der Waals surface area contributed by atoms with Gasteiger partial charge in [-0.05, 0) is 72.2 Å². The minimum atomic E-state index is -4.12. The van der Waals surface area contributed by atoms with Gasteiger partial charge in [0.1, 0.15) is 23.6 Å². The van der Waals surface area contributed by atoms with Crippen LogP contribution < -0.4 is 11.0 Å². The van der Waals surface area contributed by atoms with Crippen molar-refractivity contribution in [2.75, 3.05) is 13.1 Å². The molecule has 4 aromatic rings. The molecule has 3 atom stereocenters. The van der Waals surface area contributed by atoms with Crippen LogP contribution in [0.2, 0.25) is 0 Å². The highest BCUT2D eigenvalue weighted by molar-refractivity contribution is 7.89. The molecule has 0 unspecified atom stereocenters. The number of aliphatic hydroxyl groups excluding tert-OH is 1. The number of amides is 1. The van der Waals surface area contributed by atoms with Gasteiger partial charge in [0.15, 0.2) is 0 Å². The van der Waals surface area contributed by atoms with E-state index in [0.29, 0.717) is 11.1 Å². The quantitative estimate of drug-likeness (QED) is 0.144. The maximum absolute atomic E-state index is 14.1. The summed E-state index contributed by atoms with van der Waals surface area (Å²) in [6.45, 7) is 8.44. The molecule has 2 aromatic carbocycles. The molecule has 0 aliphatic heterocycles. The second kappa shape index (κ2) is 16.2. The number of aliphatic hydroxyl groups is 1. The Hall–Kier alpha value is -4.97. The second-order valence-electron chi connectivity index (χ2n) is 13.1. The Morgan fingerprint density at radius 2 is 1.72 bits per heavy atom. The number of phenols is 1. The molecular formula is C36H44N6O7S. The Balaban J connectivity index is 1.66. The Kier molecular flexibility index (Phi) is 12.2. The van der Waals surface area contributed by atoms with Crippen LogP contribution in [-0.2, 0) is 27.8 Å². The van der Waals surface area contributed by atoms with E-state index in [1.807, 2.05) is 50.2 Å². The molecule has 0 aliphatic carbocycles. The van der Waals surface area contributed by atoms with Gasteiger partial charge in [-0.15, -0.1) is 0 Å². The number of sulfonamides is 1. The van der Waals surface area contributed by atoms with Crippen molar-refractivity contribution in [2.24, 2.45) is 11.8 Å². The normalized spacial score (nSPS) is 13.7. The van der Waals surface area contributed by atoms with Gasteiger partial charge in [-0.3, -0.25) is 13.9 Å². The van der Waals surface area contributed by atoms with Crippen LogP contribution in [0.15, 0.2) is 82.7 Å². The number of carbonyl (C=O) groups is 1. The van der Waals surface area contributed by atoms with Crippen LogP contribution >= 0.6 is 0 Å². The molecule has 2 aromatic heterocycles. The summed E-state index contributed by atoms with van der Waals surface area (Å²) in [7, 11) is -4.12. The first-order valence-corrected chi connectivity index (χ1v) is 17.7. The van der Waals surface area contributed by atoms with Gasteiger partial charge in [-0.25, -0.2) is 18.2 Å². The van der Waals surface area contributed by atoms with Crippen LogP contribution in [0.25, 0.3) is 0 Å². The number of aryl methyl sites for hydroxylation is 1. The molecule has 4 N–H and O–H groups in total. The minimum absolute atomic E-state index is 0.0384. The first-order valence-electron chi connectivity index (χ1n) is 16.3. The number of pyridine rings is 1. The van der Waals surface area contributed by atoms with Gasteiger partial charge in [0.05, 0.1) is 29.8 Å². The van der Waals surface area contributed by atoms with Crippen LogP contribution in [0.4, 0.5) is 0 Å². The first kappa shape index (κ1) is 37.8. The maximum atomic E-state index is 14.1. The summed E-state index contributed by atoms with van der Waals surface area (Å²) in [6.07, 6.45) is 1.37. The lowest BCUT2D eigenvalue weighted by atomic mass is 9.98. The summed E-state index contributed by atoms with van der Waals surface area (Å²) < 4.78 is 31.1. The van der Waals surface area contributed by atoms with Crippen molar-refractivity contribution < 1.29 is 28.5 Å². The number of hydrogen-bond acceptors (Lipinski definition) is 9. The van der Waals surface area contributed by atoms with E-state index < -0.39 is 45.7 Å². The number of nitrogens with one attached hydrogen (secondary N) is 1. The summed E-state index contributed by atoms with van der Waals surface area (Å²) in [5, 5.41) is 44.6. The van der Waals surface area contributed by atoms with Gasteiger partial charge in [-0.2, -0.15) is 9.57 Å². The van der Waals surface area contributed by atoms with Crippen LogP contribution in [0.3, 0.4) is 0 Å². The highest BCUT2D eigenvalue weighted by Gasteiger charge is 2.34. The van der Waals surface area contributed by atoms with E-state index in [1.165, 1.54) is 41.0 Å². The molecule has 2 heterocycles. The van der Waals surface area contributed by atoms with E-state index in [4.69, 9.17) is 0 Å². The molecule has 0 radical (unpaired) electrons. The van der Waals surface area contributed by atoms with Crippen LogP contribution in [0, 0.1) is 30.1 Å². The topological polar surface area (TPSA) is 191 Å². The molecular weight excluding hydrogens is 660 g/mol. The molecule has 14 heteroatoms. The highest BCUT2D eigenvalue weighted by Crippen LogP contribution is 2.25. The van der Waals surface area contributed by atoms with Gasteiger partial charge < -0.3 is 20.6 Å². The molecule has 13 nitrogen and oxygen atoms in total. The van der Waals surface area contributed by atoms with E-state index in [9.17, 15) is 38.6 Å². The number of carbonyl (C=O) groups excluding carboxylic acids is 1. The Morgan fingerprint density at radius 1 is 1.02 bits per heavy atom. The van der Waals surface area contributed by atoms with Crippen molar-refractivity contribution in [1.82, 2.24) is 23.7 Å². The minimum Gasteiger partial charge on any atom is -0.508 e. The van der Waals surface area contributed by atoms with Crippen LogP contribution in [0.1, 0.15) is 56.1 Å². The third kappa shape index (κ3) is 8.97. The van der Waals surface area contributed by atoms with E-state index in [0.717, 1.165) is 14.7 Å². The van der Waals surface area contributed by atoms with Crippen molar-refractivity contribution in [3.8, 4) is 17.7 Å². The number of nitrogens with zero attached hydrogens (tertiary/aromatic N) is 5. The average molecular weight is 705 g/mol. The monoisotopic (exact) mass is 704 g/mol. The van der Waals surface area contributed by atoms with Crippen molar-refractivity contribution >= 4 is 15.9 Å². The van der Waals surface area contributed by atoms with Gasteiger partial charge >= 0.3 is 5.69 Å². The summed E-state index contributed by atoms with van der Waals surface area (Å²) in [6, 6.07) is 16.1. The zero-order valence-corrected chi connectivity index (χ0v) is 29.6. The Labute approximate surface area is 292 Å². The van der Waals surface area contributed by atoms with Crippen LogP contribution in [-0.4, -0.2) is 73.3 Å². The van der Waals surface area contributed by atoms with Gasteiger partial charge in [0.25, 0.3) is 0 Å². The van der Waals surface area contributed by atoms with Crippen molar-refractivity contribution in [3.63, 3.8) is 0 Å². The standard InChI is InChI=1S/C36H44N6O7S/c1-23(2)19-40(50(48,49)29-11-12-31(43)25(5)15-29)21-32(44)30(17-26-9-7-6-8-10-26)39-35(46)34(24(3)4)42-22-33(45)41(36(42)47)20-27-13-14-38-28(16-27)18-37/h6-16,22-24,30,32,34,43-45H,17,19-21H2,1-5H3,(H,39,46)/t30-,32+,34-/m0/s1. The number of phenolic OH excluding ortho intramolecular Hbond substituents is 1. The average Bonchev–Trinajstić information content (AvgIpc) is 3.33. The van der Waals surface area contributed by atoms with Crippen molar-refractivity contribution in [2.45, 2.75) is 70.7 Å². The first-order chi connectivity index (χ1) is 23.6. The predicted molar refractivity (Wildman–Crippen MR) is 187 cm³/mol. The van der Waals surface area contributed by atoms with Gasteiger partial charge in [-0.1, -0.05) is 58.0 Å². The fourth-order valence-corrected chi connectivity index (χ4v) is 7.48. The highest BCUT2D eigenvalue weighted by atomic mass is 32.2. The fraction of sp³-hybridized carbons (Fsp3) is 0.389. The fourth-order valence-electron chi connectivity index (χ4n) is 5.77. The second-order valence-corrected chi connectivity index (χ2v) is 15.1. The lowest BCUT2D eigenvalue weighted by Crippen LogP contribution is -2.53. The summed E-state index contributed by atoms with van der Waals surface area (Å²) >= 11 is 0. The summed E-state index contributed by atoms with van der Waals surface area (Å²) in [5.74, 6) is -1.59. The number of benzene rings is 2. The van der Waals surface area contributed by atoms with Gasteiger partial charge in [0, 0.05) is 19.3 Å². The molecule has 0 spiro atoms. The zero-order valence-electron chi connectivity index (χ0n) is 28.8. The Morgan fingerprint density at radius 3 is 2.34 bits per heavy atom. The van der Waals surface area contributed by atoms with E-state index in [-0.39, 0.29) is 54.2 Å². The molecule has 4 rings (SSSR count). The third-order valence-electron chi connectivity index (χ3n) is 8.32. The van der Waals surface area contributed by atoms with Crippen molar-refractivity contribution in [1.29, 1.82) is 5.26 Å². The summed E-state index contributed by atoms with van der Waals surface area (Å²) in [4.78, 5) is 31.6. The Bertz CT molecular complexity index is 2000. The van der Waals surface area contributed by atoms with E-state index in [1.54, 1.807) is 26.8 Å². The zero-order chi connectivity index (χ0) is 36.7. The summed E-state index contributed by atoms with van der Waals surface area (Å²) in [5.41, 5.74) is 1.19. The molecule has 0 saturated heterocycles. The molecule has 0 bridgehead atoms. The molecule has 0 aliphatic rings. The SMILES string of the molecule is Cc1cc(S(=O)(=O)N(CC(C)C)C[C@@H](O)[C@H](Cc2ccccc2)NC(=O)[C@H](C(C)C)n2cc(O)n(Cc3ccnc(C#N)c3)c2=O)ccc1O. The molecule has 266 valence electrons. The molecule has 0 fully saturated rings. The van der Waals surface area contributed by atoms with E-state index >= 15 is 0 Å². The maximum Gasteiger partial charge on any atom is 0.332 e. The van der Waals surface area contributed by atoms with Crippen LogP contribution in [0.5, 0.6) is 11.6 Å².